The van der Waals surface area contributed by atoms with Crippen LogP contribution in [-0.2, 0) is 9.53 Å². The first kappa shape index (κ1) is 15.0. The first-order valence-electron chi connectivity index (χ1n) is 6.50. The SMILES string of the molecule is COC(=O)C(N)CCSCC1COc2ccccc2O1. The predicted molar refractivity (Wildman–Crippen MR) is 78.3 cm³/mol. The van der Waals surface area contributed by atoms with Crippen LogP contribution < -0.4 is 15.2 Å². The van der Waals surface area contributed by atoms with Crippen LogP contribution in [-0.4, -0.2) is 43.3 Å². The van der Waals surface area contributed by atoms with Gasteiger partial charge in [-0.15, -0.1) is 0 Å². The van der Waals surface area contributed by atoms with Gasteiger partial charge in [-0.3, -0.25) is 4.79 Å². The maximum atomic E-state index is 11.1. The van der Waals surface area contributed by atoms with Gasteiger partial charge in [0, 0.05) is 5.75 Å². The number of carbonyl (C=O) groups excluding carboxylic acids is 1. The van der Waals surface area contributed by atoms with Crippen molar-refractivity contribution in [3.63, 3.8) is 0 Å². The molecule has 2 rings (SSSR count). The van der Waals surface area contributed by atoms with Crippen molar-refractivity contribution in [1.82, 2.24) is 0 Å². The van der Waals surface area contributed by atoms with Gasteiger partial charge in [-0.1, -0.05) is 12.1 Å². The molecule has 0 radical (unpaired) electrons. The van der Waals surface area contributed by atoms with Crippen molar-refractivity contribution in [3.8, 4) is 11.5 Å². The number of benzene rings is 1. The van der Waals surface area contributed by atoms with Gasteiger partial charge in [0.2, 0.25) is 0 Å². The smallest absolute Gasteiger partial charge is 0.322 e. The molecule has 110 valence electrons. The number of esters is 1. The summed E-state index contributed by atoms with van der Waals surface area (Å²) in [6, 6.07) is 7.10. The van der Waals surface area contributed by atoms with Crippen molar-refractivity contribution < 1.29 is 19.0 Å². The van der Waals surface area contributed by atoms with Crippen molar-refractivity contribution in [3.05, 3.63) is 24.3 Å². The molecule has 1 heterocycles. The third-order valence-electron chi connectivity index (χ3n) is 2.95. The molecule has 0 aliphatic carbocycles. The lowest BCUT2D eigenvalue weighted by Crippen LogP contribution is -2.33. The van der Waals surface area contributed by atoms with E-state index in [9.17, 15) is 4.79 Å². The predicted octanol–water partition coefficient (Wildman–Crippen LogP) is 1.45. The number of hydrogen-bond acceptors (Lipinski definition) is 6. The zero-order chi connectivity index (χ0) is 14.4. The lowest BCUT2D eigenvalue weighted by atomic mass is 10.2. The van der Waals surface area contributed by atoms with Crippen molar-refractivity contribution in [1.29, 1.82) is 0 Å². The second kappa shape index (κ2) is 7.40. The molecule has 0 fully saturated rings. The zero-order valence-electron chi connectivity index (χ0n) is 11.4. The lowest BCUT2D eigenvalue weighted by Gasteiger charge is -2.26. The minimum absolute atomic E-state index is 0.0317. The number of para-hydroxylation sites is 2. The van der Waals surface area contributed by atoms with Crippen LogP contribution in [0.1, 0.15) is 6.42 Å². The summed E-state index contributed by atoms with van der Waals surface area (Å²) in [6.45, 7) is 0.549. The molecule has 0 saturated heterocycles. The minimum Gasteiger partial charge on any atom is -0.486 e. The summed E-state index contributed by atoms with van der Waals surface area (Å²) >= 11 is 1.70. The molecule has 0 saturated carbocycles. The van der Waals surface area contributed by atoms with Gasteiger partial charge in [0.15, 0.2) is 11.5 Å². The van der Waals surface area contributed by atoms with Crippen molar-refractivity contribution in [2.75, 3.05) is 25.2 Å². The molecule has 20 heavy (non-hydrogen) atoms. The Kier molecular flexibility index (Phi) is 5.55. The number of ether oxygens (including phenoxy) is 3. The summed E-state index contributed by atoms with van der Waals surface area (Å²) in [7, 11) is 1.35. The van der Waals surface area contributed by atoms with Gasteiger partial charge in [0.1, 0.15) is 18.8 Å². The lowest BCUT2D eigenvalue weighted by molar-refractivity contribution is -0.142. The van der Waals surface area contributed by atoms with Gasteiger partial charge in [-0.25, -0.2) is 0 Å². The van der Waals surface area contributed by atoms with Crippen LogP contribution >= 0.6 is 11.8 Å². The highest BCUT2D eigenvalue weighted by Crippen LogP contribution is 2.31. The van der Waals surface area contributed by atoms with Gasteiger partial charge in [0.25, 0.3) is 0 Å². The second-order valence-electron chi connectivity index (χ2n) is 4.49. The van der Waals surface area contributed by atoms with E-state index >= 15 is 0 Å². The van der Waals surface area contributed by atoms with E-state index in [-0.39, 0.29) is 12.1 Å². The summed E-state index contributed by atoms with van der Waals surface area (Å²) < 4.78 is 16.1. The molecule has 6 heteroatoms. The molecular weight excluding hydrogens is 278 g/mol. The summed E-state index contributed by atoms with van der Waals surface area (Å²) in [6.07, 6.45) is 0.630. The number of rotatable bonds is 6. The standard InChI is InChI=1S/C14H19NO4S/c1-17-14(16)11(15)6-7-20-9-10-8-18-12-4-2-3-5-13(12)19-10/h2-5,10-11H,6-9,15H2,1H3. The molecule has 1 aliphatic heterocycles. The molecule has 1 aliphatic rings. The summed E-state index contributed by atoms with van der Waals surface area (Å²) in [4.78, 5) is 11.1. The van der Waals surface area contributed by atoms with E-state index in [0.717, 1.165) is 23.0 Å². The molecule has 2 unspecified atom stereocenters. The highest BCUT2D eigenvalue weighted by Gasteiger charge is 2.20. The first-order chi connectivity index (χ1) is 9.70. The molecule has 0 spiro atoms. The van der Waals surface area contributed by atoms with Crippen LogP contribution in [0.5, 0.6) is 11.5 Å². The van der Waals surface area contributed by atoms with Crippen molar-refractivity contribution in [2.24, 2.45) is 5.73 Å². The normalized spacial score (nSPS) is 18.4. The fourth-order valence-electron chi connectivity index (χ4n) is 1.84. The van der Waals surface area contributed by atoms with Crippen LogP contribution in [0.4, 0.5) is 0 Å². The van der Waals surface area contributed by atoms with Crippen LogP contribution in [0.2, 0.25) is 0 Å². The average molecular weight is 297 g/mol. The largest absolute Gasteiger partial charge is 0.486 e. The molecular formula is C14H19NO4S. The number of thioether (sulfide) groups is 1. The Morgan fingerprint density at radius 3 is 3.00 bits per heavy atom. The van der Waals surface area contributed by atoms with Gasteiger partial charge >= 0.3 is 5.97 Å². The summed E-state index contributed by atoms with van der Waals surface area (Å²) in [5.74, 6) is 2.81. The Hall–Kier alpha value is -1.40. The maximum absolute atomic E-state index is 11.1. The zero-order valence-corrected chi connectivity index (χ0v) is 12.2. The first-order valence-corrected chi connectivity index (χ1v) is 7.66. The Morgan fingerprint density at radius 1 is 1.50 bits per heavy atom. The van der Waals surface area contributed by atoms with Gasteiger partial charge < -0.3 is 19.9 Å². The van der Waals surface area contributed by atoms with Crippen molar-refractivity contribution >= 4 is 17.7 Å². The Labute approximate surface area is 122 Å². The number of carbonyl (C=O) groups is 1. The topological polar surface area (TPSA) is 70.8 Å². The quantitative estimate of drug-likeness (QED) is 0.633. The van der Waals surface area contributed by atoms with Gasteiger partial charge in [0.05, 0.1) is 7.11 Å². The van der Waals surface area contributed by atoms with Crippen LogP contribution in [0.15, 0.2) is 24.3 Å². The van der Waals surface area contributed by atoms with E-state index < -0.39 is 6.04 Å². The van der Waals surface area contributed by atoms with Crippen LogP contribution in [0, 0.1) is 0 Å². The molecule has 5 nitrogen and oxygen atoms in total. The van der Waals surface area contributed by atoms with E-state index in [1.807, 2.05) is 24.3 Å². The van der Waals surface area contributed by atoms with E-state index in [4.69, 9.17) is 15.2 Å². The average Bonchev–Trinajstić information content (AvgIpc) is 2.50. The number of fused-ring (bicyclic) bond motifs is 1. The minimum atomic E-state index is -0.545. The van der Waals surface area contributed by atoms with E-state index in [0.29, 0.717) is 13.0 Å². The number of methoxy groups -OCH3 is 1. The molecule has 0 amide bonds. The Balaban J connectivity index is 1.68. The second-order valence-corrected chi connectivity index (χ2v) is 5.64. The Bertz CT molecular complexity index is 455. The monoisotopic (exact) mass is 297 g/mol. The third kappa shape index (κ3) is 4.05. The number of hydrogen-bond donors (Lipinski definition) is 1. The third-order valence-corrected chi connectivity index (χ3v) is 4.08. The van der Waals surface area contributed by atoms with E-state index in [1.165, 1.54) is 7.11 Å². The molecule has 1 aromatic rings. The van der Waals surface area contributed by atoms with Gasteiger partial charge in [-0.2, -0.15) is 11.8 Å². The summed E-state index contributed by atoms with van der Waals surface area (Å²) in [5.41, 5.74) is 5.67. The van der Waals surface area contributed by atoms with Crippen LogP contribution in [0.3, 0.4) is 0 Å². The van der Waals surface area contributed by atoms with E-state index in [2.05, 4.69) is 4.74 Å². The van der Waals surface area contributed by atoms with E-state index in [1.54, 1.807) is 11.8 Å². The highest BCUT2D eigenvalue weighted by atomic mass is 32.2. The molecule has 2 N–H and O–H groups in total. The Morgan fingerprint density at radius 2 is 2.25 bits per heavy atom. The molecule has 1 aromatic carbocycles. The molecule has 0 aromatic heterocycles. The fourth-order valence-corrected chi connectivity index (χ4v) is 2.85. The summed E-state index contributed by atoms with van der Waals surface area (Å²) in [5, 5.41) is 0. The highest BCUT2D eigenvalue weighted by molar-refractivity contribution is 7.99. The molecule has 2 atom stereocenters. The van der Waals surface area contributed by atoms with Crippen LogP contribution in [0.25, 0.3) is 0 Å². The number of nitrogens with two attached hydrogens (primary N) is 1. The van der Waals surface area contributed by atoms with Crippen molar-refractivity contribution in [2.45, 2.75) is 18.6 Å². The van der Waals surface area contributed by atoms with Gasteiger partial charge in [-0.05, 0) is 24.3 Å². The maximum Gasteiger partial charge on any atom is 0.322 e. The fraction of sp³-hybridized carbons (Fsp3) is 0.500. The molecule has 0 bridgehead atoms.